The molecule has 178 valence electrons. The Balaban J connectivity index is 1.57. The highest BCUT2D eigenvalue weighted by Crippen LogP contribution is 2.43. The number of hydrogen-bond acceptors (Lipinski definition) is 4. The van der Waals surface area contributed by atoms with E-state index in [1.165, 1.54) is 42.4 Å². The molecule has 2 atom stereocenters. The number of fused-ring (bicyclic) bond motifs is 2. The number of nitrogens with one attached hydrogen (secondary N) is 1. The number of nitrogens with zero attached hydrogens (tertiary/aromatic N) is 2. The van der Waals surface area contributed by atoms with E-state index in [2.05, 4.69) is 73.4 Å². The zero-order chi connectivity index (χ0) is 23.4. The molecule has 1 aliphatic heterocycles. The third kappa shape index (κ3) is 5.60. The van der Waals surface area contributed by atoms with E-state index in [0.29, 0.717) is 12.0 Å². The van der Waals surface area contributed by atoms with Crippen LogP contribution in [0.3, 0.4) is 0 Å². The number of rotatable bonds is 7. The Labute approximate surface area is 200 Å². The largest absolute Gasteiger partial charge is 0.401 e. The molecule has 2 aromatic rings. The lowest BCUT2D eigenvalue weighted by molar-refractivity contribution is 0.190. The first-order valence-corrected chi connectivity index (χ1v) is 12.8. The topological polar surface area (TPSA) is 54.2 Å². The van der Waals surface area contributed by atoms with Crippen molar-refractivity contribution in [2.75, 3.05) is 13.1 Å². The van der Waals surface area contributed by atoms with Crippen LogP contribution in [0, 0.1) is 5.41 Å². The van der Waals surface area contributed by atoms with Crippen molar-refractivity contribution in [2.45, 2.75) is 84.7 Å². The predicted octanol–water partition coefficient (Wildman–Crippen LogP) is 5.84. The average Bonchev–Trinajstić information content (AvgIpc) is 3.08. The van der Waals surface area contributed by atoms with E-state index >= 15 is 0 Å². The molecular weight excluding hydrogens is 404 g/mol. The first-order valence-electron chi connectivity index (χ1n) is 12.8. The van der Waals surface area contributed by atoms with Crippen LogP contribution in [0.1, 0.15) is 93.2 Å². The normalized spacial score (nSPS) is 20.1. The maximum Gasteiger partial charge on any atom is 0.0357 e. The molecule has 4 nitrogen and oxygen atoms in total. The average molecular weight is 447 g/mol. The van der Waals surface area contributed by atoms with Gasteiger partial charge in [0.05, 0.1) is 0 Å². The summed E-state index contributed by atoms with van der Waals surface area (Å²) in [6.45, 7) is 12.3. The standard InChI is InChI=1S/C29H42N4/c1-5-31-19-25(30)11-12-27(29(2,3)4)23-9-8-22-10-13-28(26(22)17-23)33-16-6-7-21-14-15-32-18-24(21)20-33/h8-9,14-15,17-19,27-28,31H,5-7,10-13,16,20,30H2,1-4H3/b25-19-. The number of hydrogen-bond donors (Lipinski definition) is 2. The first-order chi connectivity index (χ1) is 15.9. The van der Waals surface area contributed by atoms with Gasteiger partial charge in [-0.3, -0.25) is 9.88 Å². The lowest BCUT2D eigenvalue weighted by Crippen LogP contribution is -2.27. The third-order valence-corrected chi connectivity index (χ3v) is 7.59. The molecule has 3 N–H and O–H groups in total. The summed E-state index contributed by atoms with van der Waals surface area (Å²) in [5.41, 5.74) is 14.9. The molecule has 2 unspecified atom stereocenters. The van der Waals surface area contributed by atoms with Gasteiger partial charge in [0.15, 0.2) is 0 Å². The minimum Gasteiger partial charge on any atom is -0.401 e. The summed E-state index contributed by atoms with van der Waals surface area (Å²) >= 11 is 0. The van der Waals surface area contributed by atoms with Crippen LogP contribution in [0.25, 0.3) is 0 Å². The second kappa shape index (κ2) is 10.3. The lowest BCUT2D eigenvalue weighted by atomic mass is 9.73. The first kappa shape index (κ1) is 23.8. The molecule has 2 aliphatic rings. The second-order valence-electron chi connectivity index (χ2n) is 11.0. The van der Waals surface area contributed by atoms with Gasteiger partial charge in [-0.1, -0.05) is 39.0 Å². The van der Waals surface area contributed by atoms with Gasteiger partial charge < -0.3 is 11.1 Å². The smallest absolute Gasteiger partial charge is 0.0357 e. The number of pyridine rings is 1. The van der Waals surface area contributed by atoms with Crippen molar-refractivity contribution in [3.8, 4) is 0 Å². The number of aryl methyl sites for hydroxylation is 2. The van der Waals surface area contributed by atoms with Crippen molar-refractivity contribution in [2.24, 2.45) is 11.1 Å². The summed E-state index contributed by atoms with van der Waals surface area (Å²) in [6.07, 6.45) is 12.8. The molecular formula is C29H42N4. The van der Waals surface area contributed by atoms with Crippen molar-refractivity contribution in [1.82, 2.24) is 15.2 Å². The molecule has 4 rings (SSSR count). The lowest BCUT2D eigenvalue weighted by Gasteiger charge is -2.33. The highest BCUT2D eigenvalue weighted by atomic mass is 15.2. The molecule has 4 heteroatoms. The van der Waals surface area contributed by atoms with E-state index < -0.39 is 0 Å². The number of allylic oxidation sites excluding steroid dienone is 1. The summed E-state index contributed by atoms with van der Waals surface area (Å²) in [5, 5.41) is 3.24. The summed E-state index contributed by atoms with van der Waals surface area (Å²) in [5.74, 6) is 0.478. The molecule has 0 amide bonds. The van der Waals surface area contributed by atoms with Gasteiger partial charge in [-0.05, 0) is 97.2 Å². The summed E-state index contributed by atoms with van der Waals surface area (Å²) < 4.78 is 0. The molecule has 0 saturated carbocycles. The quantitative estimate of drug-likeness (QED) is 0.561. The van der Waals surface area contributed by atoms with Gasteiger partial charge in [0.25, 0.3) is 0 Å². The molecule has 0 bridgehead atoms. The van der Waals surface area contributed by atoms with Crippen LogP contribution in [0.4, 0.5) is 0 Å². The summed E-state index contributed by atoms with van der Waals surface area (Å²) in [4.78, 5) is 7.13. The fourth-order valence-electron chi connectivity index (χ4n) is 5.79. The molecule has 0 fully saturated rings. The van der Waals surface area contributed by atoms with Crippen LogP contribution in [0.2, 0.25) is 0 Å². The number of aromatic nitrogens is 1. The number of benzene rings is 1. The van der Waals surface area contributed by atoms with E-state index in [-0.39, 0.29) is 5.41 Å². The fraction of sp³-hybridized carbons (Fsp3) is 0.552. The Morgan fingerprint density at radius 2 is 2.06 bits per heavy atom. The molecule has 1 aliphatic carbocycles. The minimum atomic E-state index is 0.189. The van der Waals surface area contributed by atoms with Gasteiger partial charge in [-0.25, -0.2) is 0 Å². The highest BCUT2D eigenvalue weighted by molar-refractivity contribution is 5.40. The van der Waals surface area contributed by atoms with Crippen LogP contribution in [-0.2, 0) is 19.4 Å². The fourth-order valence-corrected chi connectivity index (χ4v) is 5.79. The molecule has 33 heavy (non-hydrogen) atoms. The van der Waals surface area contributed by atoms with Gasteiger partial charge in [-0.15, -0.1) is 0 Å². The van der Waals surface area contributed by atoms with E-state index in [0.717, 1.165) is 38.2 Å². The highest BCUT2D eigenvalue weighted by Gasteiger charge is 2.32. The van der Waals surface area contributed by atoms with E-state index in [9.17, 15) is 0 Å². The Morgan fingerprint density at radius 1 is 1.21 bits per heavy atom. The van der Waals surface area contributed by atoms with Crippen molar-refractivity contribution in [3.63, 3.8) is 0 Å². The van der Waals surface area contributed by atoms with Crippen molar-refractivity contribution in [3.05, 3.63) is 76.4 Å². The van der Waals surface area contributed by atoms with Gasteiger partial charge in [0, 0.05) is 43.4 Å². The zero-order valence-corrected chi connectivity index (χ0v) is 21.0. The molecule has 2 heterocycles. The SMILES string of the molecule is CCN/C=C(\N)CCC(c1ccc2c(c1)C(N1CCCc3ccncc3C1)CC2)C(C)(C)C. The molecule has 1 aromatic heterocycles. The van der Waals surface area contributed by atoms with Gasteiger partial charge in [-0.2, -0.15) is 0 Å². The summed E-state index contributed by atoms with van der Waals surface area (Å²) in [6, 6.07) is 10.1. The van der Waals surface area contributed by atoms with Crippen LogP contribution in [-0.4, -0.2) is 23.0 Å². The van der Waals surface area contributed by atoms with Crippen LogP contribution in [0.15, 0.2) is 48.6 Å². The van der Waals surface area contributed by atoms with Crippen LogP contribution < -0.4 is 11.1 Å². The van der Waals surface area contributed by atoms with Gasteiger partial charge >= 0.3 is 0 Å². The second-order valence-corrected chi connectivity index (χ2v) is 11.0. The minimum absolute atomic E-state index is 0.189. The molecule has 0 saturated heterocycles. The van der Waals surface area contributed by atoms with Gasteiger partial charge in [0.1, 0.15) is 0 Å². The Bertz CT molecular complexity index is 972. The zero-order valence-electron chi connectivity index (χ0n) is 21.0. The predicted molar refractivity (Wildman–Crippen MR) is 138 cm³/mol. The Kier molecular flexibility index (Phi) is 7.43. The Morgan fingerprint density at radius 3 is 2.85 bits per heavy atom. The maximum atomic E-state index is 6.28. The molecule has 0 radical (unpaired) electrons. The van der Waals surface area contributed by atoms with Crippen molar-refractivity contribution in [1.29, 1.82) is 0 Å². The monoisotopic (exact) mass is 446 g/mol. The van der Waals surface area contributed by atoms with Gasteiger partial charge in [0.2, 0.25) is 0 Å². The van der Waals surface area contributed by atoms with Crippen LogP contribution in [0.5, 0.6) is 0 Å². The van der Waals surface area contributed by atoms with Crippen molar-refractivity contribution >= 4 is 0 Å². The Hall–Kier alpha value is -2.33. The summed E-state index contributed by atoms with van der Waals surface area (Å²) in [7, 11) is 0. The van der Waals surface area contributed by atoms with E-state index in [1.807, 2.05) is 12.4 Å². The molecule has 1 aromatic carbocycles. The molecule has 0 spiro atoms. The maximum absolute atomic E-state index is 6.28. The van der Waals surface area contributed by atoms with E-state index in [1.54, 1.807) is 11.1 Å². The van der Waals surface area contributed by atoms with E-state index in [4.69, 9.17) is 5.73 Å². The number of nitrogens with two attached hydrogens (primary N) is 1. The van der Waals surface area contributed by atoms with Crippen molar-refractivity contribution < 1.29 is 0 Å². The van der Waals surface area contributed by atoms with Crippen LogP contribution >= 0.6 is 0 Å². The third-order valence-electron chi connectivity index (χ3n) is 7.59.